The van der Waals surface area contributed by atoms with Crippen molar-refractivity contribution >= 4 is 10.2 Å². The molecule has 136 valence electrons. The average Bonchev–Trinajstić information content (AvgIpc) is 2.49. The van der Waals surface area contributed by atoms with Crippen molar-refractivity contribution in [1.82, 2.24) is 9.03 Å². The highest BCUT2D eigenvalue weighted by Gasteiger charge is 2.23. The van der Waals surface area contributed by atoms with Gasteiger partial charge in [0.2, 0.25) is 0 Å². The van der Waals surface area contributed by atoms with Gasteiger partial charge in [0, 0.05) is 19.6 Å². The largest absolute Gasteiger partial charge is 0.379 e. The van der Waals surface area contributed by atoms with Crippen molar-refractivity contribution in [3.05, 3.63) is 34.4 Å². The predicted molar refractivity (Wildman–Crippen MR) is 97.6 cm³/mol. The Morgan fingerprint density at radius 1 is 1.12 bits per heavy atom. The molecule has 1 saturated heterocycles. The van der Waals surface area contributed by atoms with Crippen molar-refractivity contribution < 1.29 is 13.2 Å². The first kappa shape index (κ1) is 19.4. The molecule has 1 N–H and O–H groups in total. The van der Waals surface area contributed by atoms with Crippen LogP contribution in [0.4, 0.5) is 0 Å². The molecule has 0 bridgehead atoms. The lowest BCUT2D eigenvalue weighted by Crippen LogP contribution is -2.47. The van der Waals surface area contributed by atoms with Gasteiger partial charge in [-0.2, -0.15) is 12.7 Å². The molecule has 1 heterocycles. The minimum atomic E-state index is -3.41. The lowest BCUT2D eigenvalue weighted by Gasteiger charge is -2.26. The summed E-state index contributed by atoms with van der Waals surface area (Å²) in [5, 5.41) is 0. The third-order valence-electron chi connectivity index (χ3n) is 4.53. The van der Waals surface area contributed by atoms with Crippen molar-refractivity contribution in [2.24, 2.45) is 0 Å². The lowest BCUT2D eigenvalue weighted by molar-refractivity contribution is 0.0725. The van der Waals surface area contributed by atoms with Gasteiger partial charge in [-0.25, -0.2) is 4.72 Å². The summed E-state index contributed by atoms with van der Waals surface area (Å²) in [5.41, 5.74) is 5.12. The second kappa shape index (κ2) is 7.52. The van der Waals surface area contributed by atoms with Crippen molar-refractivity contribution in [3.63, 3.8) is 0 Å². The highest BCUT2D eigenvalue weighted by Crippen LogP contribution is 2.27. The second-order valence-corrected chi connectivity index (χ2v) is 9.25. The van der Waals surface area contributed by atoms with E-state index in [1.807, 2.05) is 0 Å². The van der Waals surface area contributed by atoms with Crippen LogP contribution in [0.1, 0.15) is 43.0 Å². The molecule has 0 aromatic heterocycles. The summed E-state index contributed by atoms with van der Waals surface area (Å²) in [4.78, 5) is 0. The molecule has 0 atom stereocenters. The van der Waals surface area contributed by atoms with E-state index in [1.165, 1.54) is 26.6 Å². The minimum absolute atomic E-state index is 0.117. The van der Waals surface area contributed by atoms with Crippen LogP contribution in [0.15, 0.2) is 12.1 Å². The molecular weight excluding hydrogens is 324 g/mol. The summed E-state index contributed by atoms with van der Waals surface area (Å²) in [5.74, 6) is 0. The van der Waals surface area contributed by atoms with Crippen LogP contribution in [0, 0.1) is 13.8 Å². The molecule has 0 radical (unpaired) electrons. The Labute approximate surface area is 146 Å². The molecule has 0 spiro atoms. The third-order valence-corrected chi connectivity index (χ3v) is 6.15. The van der Waals surface area contributed by atoms with E-state index < -0.39 is 10.2 Å². The molecule has 5 nitrogen and oxygen atoms in total. The first-order valence-electron chi connectivity index (χ1n) is 8.54. The molecule has 0 saturated carbocycles. The number of hydrogen-bond donors (Lipinski definition) is 1. The number of aryl methyl sites for hydroxylation is 2. The molecule has 1 fully saturated rings. The quantitative estimate of drug-likeness (QED) is 0.883. The van der Waals surface area contributed by atoms with E-state index in [0.29, 0.717) is 39.3 Å². The maximum Gasteiger partial charge on any atom is 0.279 e. The molecule has 1 aromatic carbocycles. The summed E-state index contributed by atoms with van der Waals surface area (Å²) < 4.78 is 34.0. The number of hydrogen-bond acceptors (Lipinski definition) is 3. The van der Waals surface area contributed by atoms with E-state index in [0.717, 1.165) is 0 Å². The number of nitrogens with one attached hydrogen (secondary N) is 1. The molecular formula is C18H30N2O3S. The monoisotopic (exact) mass is 354 g/mol. The van der Waals surface area contributed by atoms with E-state index in [9.17, 15) is 8.42 Å². The standard InChI is InChI=1S/C18H30N2O3S/c1-14-12-16(18(3,4)5)13-15(2)17(14)6-7-19-24(21,22)20-8-10-23-11-9-20/h12-13,19H,6-11H2,1-5H3. The van der Waals surface area contributed by atoms with Crippen LogP contribution in [0.5, 0.6) is 0 Å². The SMILES string of the molecule is Cc1cc(C(C)(C)C)cc(C)c1CCNS(=O)(=O)N1CCOCC1. The number of nitrogens with zero attached hydrogens (tertiary/aromatic N) is 1. The maximum atomic E-state index is 12.3. The third kappa shape index (κ3) is 4.79. The van der Waals surface area contributed by atoms with Crippen LogP contribution in [0.2, 0.25) is 0 Å². The fourth-order valence-corrected chi connectivity index (χ4v) is 4.18. The van der Waals surface area contributed by atoms with E-state index >= 15 is 0 Å². The van der Waals surface area contributed by atoms with Gasteiger partial charge in [-0.05, 0) is 47.9 Å². The van der Waals surface area contributed by atoms with Gasteiger partial charge in [0.05, 0.1) is 13.2 Å². The topological polar surface area (TPSA) is 58.6 Å². The molecule has 0 amide bonds. The van der Waals surface area contributed by atoms with Gasteiger partial charge in [0.15, 0.2) is 0 Å². The van der Waals surface area contributed by atoms with Crippen LogP contribution >= 0.6 is 0 Å². The van der Waals surface area contributed by atoms with Crippen LogP contribution < -0.4 is 4.72 Å². The van der Waals surface area contributed by atoms with Gasteiger partial charge >= 0.3 is 0 Å². The molecule has 1 aliphatic rings. The molecule has 1 aromatic rings. The van der Waals surface area contributed by atoms with Crippen LogP contribution in [0.25, 0.3) is 0 Å². The van der Waals surface area contributed by atoms with Crippen LogP contribution in [-0.2, 0) is 26.8 Å². The summed E-state index contributed by atoms with van der Waals surface area (Å²) in [6.07, 6.45) is 0.700. The molecule has 1 aliphatic heterocycles. The molecule has 2 rings (SSSR count). The number of ether oxygens (including phenoxy) is 1. The predicted octanol–water partition coefficient (Wildman–Crippen LogP) is 2.31. The van der Waals surface area contributed by atoms with Gasteiger partial charge in [-0.15, -0.1) is 0 Å². The Kier molecular flexibility index (Phi) is 6.07. The van der Waals surface area contributed by atoms with Gasteiger partial charge in [0.1, 0.15) is 0 Å². The zero-order chi connectivity index (χ0) is 18.0. The van der Waals surface area contributed by atoms with E-state index in [2.05, 4.69) is 51.5 Å². The van der Waals surface area contributed by atoms with Crippen LogP contribution in [-0.4, -0.2) is 45.6 Å². The Morgan fingerprint density at radius 3 is 2.17 bits per heavy atom. The van der Waals surface area contributed by atoms with Crippen molar-refractivity contribution in [3.8, 4) is 0 Å². The van der Waals surface area contributed by atoms with Crippen LogP contribution in [0.3, 0.4) is 0 Å². The smallest absolute Gasteiger partial charge is 0.279 e. The summed E-state index contributed by atoms with van der Waals surface area (Å²) in [6, 6.07) is 4.44. The van der Waals surface area contributed by atoms with Crippen molar-refractivity contribution in [1.29, 1.82) is 0 Å². The molecule has 0 unspecified atom stereocenters. The van der Waals surface area contributed by atoms with E-state index in [-0.39, 0.29) is 5.41 Å². The van der Waals surface area contributed by atoms with Gasteiger partial charge < -0.3 is 4.74 Å². The van der Waals surface area contributed by atoms with Gasteiger partial charge in [-0.1, -0.05) is 32.9 Å². The van der Waals surface area contributed by atoms with E-state index in [4.69, 9.17) is 4.74 Å². The number of benzene rings is 1. The fraction of sp³-hybridized carbons (Fsp3) is 0.667. The Hall–Kier alpha value is -0.950. The van der Waals surface area contributed by atoms with Crippen molar-refractivity contribution in [2.75, 3.05) is 32.8 Å². The lowest BCUT2D eigenvalue weighted by atomic mass is 9.83. The molecule has 24 heavy (non-hydrogen) atoms. The zero-order valence-corrected chi connectivity index (χ0v) is 16.3. The fourth-order valence-electron chi connectivity index (χ4n) is 3.00. The Morgan fingerprint density at radius 2 is 1.67 bits per heavy atom. The summed E-state index contributed by atoms with van der Waals surface area (Å²) >= 11 is 0. The van der Waals surface area contributed by atoms with Crippen molar-refractivity contribution in [2.45, 2.75) is 46.5 Å². The highest BCUT2D eigenvalue weighted by atomic mass is 32.2. The molecule has 0 aliphatic carbocycles. The first-order valence-corrected chi connectivity index (χ1v) is 9.98. The maximum absolute atomic E-state index is 12.3. The first-order chi connectivity index (χ1) is 11.1. The molecule has 6 heteroatoms. The summed E-state index contributed by atoms with van der Waals surface area (Å²) in [6.45, 7) is 13.0. The zero-order valence-electron chi connectivity index (χ0n) is 15.5. The Balaban J connectivity index is 2.02. The minimum Gasteiger partial charge on any atom is -0.379 e. The van der Waals surface area contributed by atoms with E-state index in [1.54, 1.807) is 0 Å². The van der Waals surface area contributed by atoms with Gasteiger partial charge in [0.25, 0.3) is 10.2 Å². The normalized spacial score (nSPS) is 17.2. The number of rotatable bonds is 5. The second-order valence-electron chi connectivity index (χ2n) is 7.50. The highest BCUT2D eigenvalue weighted by molar-refractivity contribution is 7.87. The Bertz CT molecular complexity index is 649. The van der Waals surface area contributed by atoms with Gasteiger partial charge in [-0.3, -0.25) is 0 Å². The number of morpholine rings is 1. The average molecular weight is 355 g/mol. The summed E-state index contributed by atoms with van der Waals surface area (Å²) in [7, 11) is -3.41.